The van der Waals surface area contributed by atoms with Gasteiger partial charge in [-0.1, -0.05) is 11.3 Å². The number of ether oxygens (including phenoxy) is 2. The Labute approximate surface area is 171 Å². The number of benzene rings is 2. The van der Waals surface area contributed by atoms with Crippen molar-refractivity contribution in [1.82, 2.24) is 10.2 Å². The van der Waals surface area contributed by atoms with Gasteiger partial charge in [0, 0.05) is 11.3 Å². The highest BCUT2D eigenvalue weighted by atomic mass is 32.1. The van der Waals surface area contributed by atoms with Crippen molar-refractivity contribution in [2.45, 2.75) is 12.5 Å². The summed E-state index contributed by atoms with van der Waals surface area (Å²) >= 11 is 1.14. The Bertz CT molecular complexity index is 997. The minimum atomic E-state index is -4.61. The van der Waals surface area contributed by atoms with E-state index in [0.29, 0.717) is 10.8 Å². The third-order valence-corrected chi connectivity index (χ3v) is 4.49. The lowest BCUT2D eigenvalue weighted by Crippen LogP contribution is -2.33. The van der Waals surface area contributed by atoms with Crippen molar-refractivity contribution in [1.29, 1.82) is 0 Å². The molecule has 1 aromatic heterocycles. The van der Waals surface area contributed by atoms with Crippen LogP contribution in [0.5, 0.6) is 11.5 Å². The molecule has 7 nitrogen and oxygen atoms in total. The van der Waals surface area contributed by atoms with Gasteiger partial charge in [0.15, 0.2) is 0 Å². The van der Waals surface area contributed by atoms with Crippen LogP contribution in [0.4, 0.5) is 33.2 Å². The molecule has 0 unspecified atom stereocenters. The Morgan fingerprint density at radius 2 is 1.63 bits per heavy atom. The summed E-state index contributed by atoms with van der Waals surface area (Å²) < 4.78 is 59.1. The number of rotatable bonds is 7. The third kappa shape index (κ3) is 5.35. The summed E-state index contributed by atoms with van der Waals surface area (Å²) in [7, 11) is 1.56. The van der Waals surface area contributed by atoms with Crippen molar-refractivity contribution < 1.29 is 31.8 Å². The first-order valence-electron chi connectivity index (χ1n) is 8.28. The molecule has 0 aliphatic carbocycles. The van der Waals surface area contributed by atoms with Crippen LogP contribution in [0, 0.1) is 0 Å². The van der Waals surface area contributed by atoms with Gasteiger partial charge in [0.2, 0.25) is 5.13 Å². The average Bonchev–Trinajstić information content (AvgIpc) is 3.17. The number of halogens is 4. The fourth-order valence-corrected chi connectivity index (χ4v) is 2.94. The van der Waals surface area contributed by atoms with Crippen LogP contribution in [0.2, 0.25) is 0 Å². The highest BCUT2D eigenvalue weighted by Crippen LogP contribution is 2.29. The number of amides is 2. The number of alkyl halides is 4. The number of carbonyl (C=O) groups excluding carboxylic acids is 1. The van der Waals surface area contributed by atoms with Gasteiger partial charge in [0.1, 0.15) is 16.5 Å². The Morgan fingerprint density at radius 1 is 1.00 bits per heavy atom. The molecule has 0 spiro atoms. The van der Waals surface area contributed by atoms with E-state index in [1.807, 2.05) is 0 Å². The first-order valence-corrected chi connectivity index (χ1v) is 9.09. The lowest BCUT2D eigenvalue weighted by atomic mass is 10.2. The molecule has 12 heteroatoms. The second-order valence-electron chi connectivity index (χ2n) is 5.71. The molecule has 0 radical (unpaired) electrons. The molecular formula is C18H14F4N4O3S. The van der Waals surface area contributed by atoms with Gasteiger partial charge in [-0.3, -0.25) is 5.32 Å². The van der Waals surface area contributed by atoms with Gasteiger partial charge >= 0.3 is 18.6 Å². The number of hydrogen-bond donors (Lipinski definition) is 2. The van der Waals surface area contributed by atoms with Crippen LogP contribution in [0.3, 0.4) is 0 Å². The van der Waals surface area contributed by atoms with Gasteiger partial charge < -0.3 is 14.8 Å². The van der Waals surface area contributed by atoms with Gasteiger partial charge in [0.25, 0.3) is 0 Å². The molecule has 3 aromatic rings. The molecule has 0 saturated heterocycles. The molecule has 3 rings (SSSR count). The fourth-order valence-electron chi connectivity index (χ4n) is 2.19. The maximum atomic E-state index is 12.9. The SMILES string of the molecule is COc1ccc(-c2nnc(NC(=O)Nc3ccc(OC(F)(F)C(F)F)cc3)s2)cc1. The molecule has 2 N–H and O–H groups in total. The molecule has 0 bridgehead atoms. The largest absolute Gasteiger partial charge is 0.497 e. The fraction of sp³-hybridized carbons (Fsp3) is 0.167. The molecule has 0 saturated carbocycles. The second-order valence-corrected chi connectivity index (χ2v) is 6.69. The number of carbonyl (C=O) groups is 1. The molecular weight excluding hydrogens is 428 g/mol. The van der Waals surface area contributed by atoms with Crippen LogP contribution in [0.1, 0.15) is 0 Å². The summed E-state index contributed by atoms with van der Waals surface area (Å²) in [5.74, 6) is 0.217. The first kappa shape index (κ1) is 21.3. The lowest BCUT2D eigenvalue weighted by Gasteiger charge is -2.16. The summed E-state index contributed by atoms with van der Waals surface area (Å²) in [6, 6.07) is 11.0. The molecule has 0 aliphatic heterocycles. The molecule has 0 aliphatic rings. The quantitative estimate of drug-likeness (QED) is 0.498. The van der Waals surface area contributed by atoms with Crippen LogP contribution in [0.15, 0.2) is 48.5 Å². The maximum absolute atomic E-state index is 12.9. The number of anilines is 2. The zero-order valence-corrected chi connectivity index (χ0v) is 16.1. The van der Waals surface area contributed by atoms with Gasteiger partial charge in [-0.05, 0) is 48.5 Å². The first-order chi connectivity index (χ1) is 14.3. The zero-order valence-electron chi connectivity index (χ0n) is 15.2. The monoisotopic (exact) mass is 442 g/mol. The molecule has 2 aromatic carbocycles. The van der Waals surface area contributed by atoms with Crippen LogP contribution in [-0.2, 0) is 0 Å². The number of methoxy groups -OCH3 is 1. The van der Waals surface area contributed by atoms with E-state index >= 15 is 0 Å². The molecule has 0 fully saturated rings. The summed E-state index contributed by atoms with van der Waals surface area (Å²) in [6.45, 7) is 0. The van der Waals surface area contributed by atoms with Gasteiger partial charge in [-0.25, -0.2) is 4.79 Å². The Kier molecular flexibility index (Phi) is 6.35. The Morgan fingerprint density at radius 3 is 2.23 bits per heavy atom. The number of nitrogens with zero attached hydrogens (tertiary/aromatic N) is 2. The van der Waals surface area contributed by atoms with Crippen LogP contribution in [0.25, 0.3) is 10.6 Å². The standard InChI is InChI=1S/C18H14F4N4O3S/c1-28-12-6-2-10(3-7-12)14-25-26-17(30-14)24-16(27)23-11-4-8-13(9-5-11)29-18(21,22)15(19)20/h2-9,15H,1H3,(H2,23,24,26,27). The number of nitrogens with one attached hydrogen (secondary N) is 2. The van der Waals surface area contributed by atoms with Gasteiger partial charge in [-0.2, -0.15) is 17.6 Å². The van der Waals surface area contributed by atoms with Crippen LogP contribution >= 0.6 is 11.3 Å². The average molecular weight is 442 g/mol. The summed E-state index contributed by atoms with van der Waals surface area (Å²) in [6.07, 6.45) is -8.57. The smallest absolute Gasteiger partial charge is 0.461 e. The number of hydrogen-bond acceptors (Lipinski definition) is 6. The minimum Gasteiger partial charge on any atom is -0.497 e. The summed E-state index contributed by atoms with van der Waals surface area (Å²) in [5.41, 5.74) is 1.01. The van der Waals surface area contributed by atoms with E-state index in [-0.39, 0.29) is 10.8 Å². The highest BCUT2D eigenvalue weighted by molar-refractivity contribution is 7.18. The van der Waals surface area contributed by atoms with Crippen molar-refractivity contribution in [3.05, 3.63) is 48.5 Å². The van der Waals surface area contributed by atoms with Crippen LogP contribution < -0.4 is 20.1 Å². The van der Waals surface area contributed by atoms with Crippen molar-refractivity contribution in [3.63, 3.8) is 0 Å². The molecule has 158 valence electrons. The number of urea groups is 1. The Balaban J connectivity index is 1.57. The van der Waals surface area contributed by atoms with Crippen molar-refractivity contribution >= 4 is 28.2 Å². The molecule has 1 heterocycles. The molecule has 30 heavy (non-hydrogen) atoms. The predicted molar refractivity (Wildman–Crippen MR) is 103 cm³/mol. The van der Waals surface area contributed by atoms with E-state index in [9.17, 15) is 22.4 Å². The minimum absolute atomic E-state index is 0.222. The highest BCUT2D eigenvalue weighted by Gasteiger charge is 2.43. The lowest BCUT2D eigenvalue weighted by molar-refractivity contribution is -0.253. The zero-order chi connectivity index (χ0) is 21.7. The van der Waals surface area contributed by atoms with E-state index in [1.165, 1.54) is 12.1 Å². The summed E-state index contributed by atoms with van der Waals surface area (Å²) in [4.78, 5) is 12.1. The summed E-state index contributed by atoms with van der Waals surface area (Å²) in [5, 5.41) is 13.6. The van der Waals surface area contributed by atoms with E-state index < -0.39 is 24.3 Å². The van der Waals surface area contributed by atoms with E-state index in [4.69, 9.17) is 4.74 Å². The third-order valence-electron chi connectivity index (χ3n) is 3.60. The van der Waals surface area contributed by atoms with Crippen LogP contribution in [-0.4, -0.2) is 35.9 Å². The topological polar surface area (TPSA) is 85.4 Å². The predicted octanol–water partition coefficient (Wildman–Crippen LogP) is 5.09. The van der Waals surface area contributed by atoms with Crippen molar-refractivity contribution in [2.24, 2.45) is 0 Å². The van der Waals surface area contributed by atoms with Gasteiger partial charge in [0.05, 0.1) is 7.11 Å². The molecule has 0 atom stereocenters. The van der Waals surface area contributed by atoms with E-state index in [2.05, 4.69) is 25.6 Å². The number of aromatic nitrogens is 2. The van der Waals surface area contributed by atoms with Crippen molar-refractivity contribution in [3.8, 4) is 22.1 Å². The second kappa shape index (κ2) is 8.95. The Hall–Kier alpha value is -3.41. The molecule has 2 amide bonds. The van der Waals surface area contributed by atoms with Gasteiger partial charge in [-0.15, -0.1) is 10.2 Å². The normalized spacial score (nSPS) is 11.3. The maximum Gasteiger partial charge on any atom is 0.461 e. The van der Waals surface area contributed by atoms with E-state index in [1.54, 1.807) is 31.4 Å². The van der Waals surface area contributed by atoms with E-state index in [0.717, 1.165) is 29.0 Å². The van der Waals surface area contributed by atoms with Crippen molar-refractivity contribution in [2.75, 3.05) is 17.7 Å².